The topological polar surface area (TPSA) is 90.7 Å². The SMILES string of the molecule is COCc1nc2c(C(=O)OC)c(C3=CC=CN4C3=C(C=O)CC4C(=O)c3cc(F)c(F)c(F)c3)c(C(F)(F)F)cc2n1C. The third-order valence-corrected chi connectivity index (χ3v) is 7.30. The lowest BCUT2D eigenvalue weighted by atomic mass is 9.88. The Morgan fingerprint density at radius 1 is 1.12 bits per heavy atom. The Kier molecular flexibility index (Phi) is 7.50. The van der Waals surface area contributed by atoms with E-state index in [1.54, 1.807) is 0 Å². The van der Waals surface area contributed by atoms with Crippen molar-refractivity contribution in [3.05, 3.63) is 93.4 Å². The highest BCUT2D eigenvalue weighted by molar-refractivity contribution is 6.10. The lowest BCUT2D eigenvalue weighted by Gasteiger charge is -2.30. The first-order valence-corrected chi connectivity index (χ1v) is 12.5. The highest BCUT2D eigenvalue weighted by atomic mass is 19.4. The van der Waals surface area contributed by atoms with Crippen molar-refractivity contribution < 1.29 is 50.2 Å². The van der Waals surface area contributed by atoms with Crippen molar-refractivity contribution in [2.75, 3.05) is 14.2 Å². The zero-order chi connectivity index (χ0) is 31.4. The molecule has 0 N–H and O–H groups in total. The van der Waals surface area contributed by atoms with Gasteiger partial charge in [-0.15, -0.1) is 0 Å². The molecule has 8 nitrogen and oxygen atoms in total. The standard InChI is InChI=1S/C29H21F6N3O5/c1-37-19-10-16(29(33,34)35)22(23(28(41)43-3)25(19)36-21(37)12-42-2)15-5-4-6-38-20(9-14(11-39)26(15)38)27(40)13-7-17(30)24(32)18(31)8-13/h4-8,10-11,20H,9,12H2,1-3H3. The molecule has 2 aliphatic rings. The van der Waals surface area contributed by atoms with E-state index >= 15 is 0 Å². The largest absolute Gasteiger partial charge is 0.465 e. The third-order valence-electron chi connectivity index (χ3n) is 7.30. The zero-order valence-corrected chi connectivity index (χ0v) is 22.7. The van der Waals surface area contributed by atoms with Gasteiger partial charge in [0, 0.05) is 49.1 Å². The number of methoxy groups -OCH3 is 2. The van der Waals surface area contributed by atoms with Crippen LogP contribution in [0.25, 0.3) is 16.6 Å². The first kappa shape index (κ1) is 29.8. The Morgan fingerprint density at radius 2 is 1.79 bits per heavy atom. The predicted molar refractivity (Wildman–Crippen MR) is 139 cm³/mol. The van der Waals surface area contributed by atoms with Gasteiger partial charge in [-0.05, 0) is 24.3 Å². The number of ether oxygens (including phenoxy) is 2. The number of ketones is 1. The minimum absolute atomic E-state index is 0.0447. The maximum atomic E-state index is 14.7. The number of hydrogen-bond acceptors (Lipinski definition) is 7. The summed E-state index contributed by atoms with van der Waals surface area (Å²) in [6.07, 6.45) is -1.22. The molecule has 5 rings (SSSR count). The number of alkyl halides is 3. The average Bonchev–Trinajstić information content (AvgIpc) is 3.51. The van der Waals surface area contributed by atoms with E-state index in [1.165, 1.54) is 42.0 Å². The van der Waals surface area contributed by atoms with Gasteiger partial charge in [0.2, 0.25) is 0 Å². The molecule has 14 heteroatoms. The monoisotopic (exact) mass is 605 g/mol. The fraction of sp³-hybridized carbons (Fsp3) is 0.241. The molecule has 0 saturated heterocycles. The Balaban J connectivity index is 1.74. The van der Waals surface area contributed by atoms with Gasteiger partial charge in [0.25, 0.3) is 0 Å². The van der Waals surface area contributed by atoms with Crippen LogP contribution in [0.3, 0.4) is 0 Å². The van der Waals surface area contributed by atoms with Crippen LogP contribution in [0.15, 0.2) is 47.8 Å². The molecule has 0 radical (unpaired) electrons. The highest BCUT2D eigenvalue weighted by Crippen LogP contribution is 2.47. The third kappa shape index (κ3) is 4.80. The van der Waals surface area contributed by atoms with Crippen molar-refractivity contribution in [3.8, 4) is 0 Å². The molecule has 1 aromatic heterocycles. The second-order valence-electron chi connectivity index (χ2n) is 9.71. The first-order valence-electron chi connectivity index (χ1n) is 12.5. The second-order valence-corrected chi connectivity index (χ2v) is 9.71. The first-order chi connectivity index (χ1) is 20.3. The van der Waals surface area contributed by atoms with Crippen LogP contribution in [-0.2, 0) is 34.1 Å². The molecule has 43 heavy (non-hydrogen) atoms. The number of aryl methyl sites for hydroxylation is 1. The number of carbonyl (C=O) groups excluding carboxylic acids is 3. The van der Waals surface area contributed by atoms with Gasteiger partial charge in [-0.1, -0.05) is 6.08 Å². The molecule has 224 valence electrons. The van der Waals surface area contributed by atoms with Crippen LogP contribution >= 0.6 is 0 Å². The number of imidazole rings is 1. The summed E-state index contributed by atoms with van der Waals surface area (Å²) in [4.78, 5) is 44.3. The number of aldehydes is 1. The van der Waals surface area contributed by atoms with Crippen LogP contribution < -0.4 is 0 Å². The van der Waals surface area contributed by atoms with Crippen LogP contribution in [0.5, 0.6) is 0 Å². The van der Waals surface area contributed by atoms with Gasteiger partial charge in [0.05, 0.1) is 29.5 Å². The average molecular weight is 605 g/mol. The van der Waals surface area contributed by atoms with Gasteiger partial charge >= 0.3 is 12.1 Å². The van der Waals surface area contributed by atoms with Gasteiger partial charge < -0.3 is 18.9 Å². The molecule has 1 atom stereocenters. The smallest absolute Gasteiger partial charge is 0.417 e. The van der Waals surface area contributed by atoms with Crippen molar-refractivity contribution in [1.82, 2.24) is 14.5 Å². The van der Waals surface area contributed by atoms with E-state index in [2.05, 4.69) is 4.98 Å². The summed E-state index contributed by atoms with van der Waals surface area (Å²) in [5, 5.41) is 0. The lowest BCUT2D eigenvalue weighted by Crippen LogP contribution is -2.34. The fourth-order valence-corrected chi connectivity index (χ4v) is 5.37. The number of aromatic nitrogens is 2. The van der Waals surface area contributed by atoms with E-state index in [4.69, 9.17) is 9.47 Å². The van der Waals surface area contributed by atoms with Crippen molar-refractivity contribution in [2.24, 2.45) is 7.05 Å². The molecule has 2 aliphatic heterocycles. The van der Waals surface area contributed by atoms with Crippen molar-refractivity contribution in [1.29, 1.82) is 0 Å². The molecule has 0 amide bonds. The number of halogens is 6. The summed E-state index contributed by atoms with van der Waals surface area (Å²) in [5.74, 6) is -6.88. The maximum absolute atomic E-state index is 14.7. The van der Waals surface area contributed by atoms with Crippen LogP contribution in [0.4, 0.5) is 26.3 Å². The Bertz CT molecular complexity index is 1780. The molecule has 1 unspecified atom stereocenters. The molecule has 0 spiro atoms. The summed E-state index contributed by atoms with van der Waals surface area (Å²) < 4.78 is 96.8. The molecule has 0 fully saturated rings. The maximum Gasteiger partial charge on any atom is 0.417 e. The van der Waals surface area contributed by atoms with Crippen LogP contribution in [0.2, 0.25) is 0 Å². The van der Waals surface area contributed by atoms with E-state index in [0.717, 1.165) is 13.2 Å². The molecule has 0 bridgehead atoms. The molecule has 0 saturated carbocycles. The highest BCUT2D eigenvalue weighted by Gasteiger charge is 2.44. The van der Waals surface area contributed by atoms with E-state index in [-0.39, 0.29) is 46.7 Å². The predicted octanol–water partition coefficient (Wildman–Crippen LogP) is 5.26. The number of carbonyl (C=O) groups is 3. The normalized spacial score (nSPS) is 16.5. The van der Waals surface area contributed by atoms with E-state index in [9.17, 15) is 40.7 Å². The number of fused-ring (bicyclic) bond motifs is 2. The summed E-state index contributed by atoms with van der Waals surface area (Å²) in [5.41, 5.74) is -3.66. The van der Waals surface area contributed by atoms with Gasteiger partial charge in [0.1, 0.15) is 30.3 Å². The van der Waals surface area contributed by atoms with E-state index in [0.29, 0.717) is 18.4 Å². The number of benzene rings is 2. The number of esters is 1. The summed E-state index contributed by atoms with van der Waals surface area (Å²) >= 11 is 0. The van der Waals surface area contributed by atoms with Gasteiger partial charge in [-0.2, -0.15) is 13.2 Å². The quantitative estimate of drug-likeness (QED) is 0.119. The van der Waals surface area contributed by atoms with Gasteiger partial charge in [-0.3, -0.25) is 9.59 Å². The molecule has 3 heterocycles. The fourth-order valence-electron chi connectivity index (χ4n) is 5.37. The van der Waals surface area contributed by atoms with Crippen molar-refractivity contribution >= 4 is 34.6 Å². The van der Waals surface area contributed by atoms with Gasteiger partial charge in [-0.25, -0.2) is 22.9 Å². The van der Waals surface area contributed by atoms with Crippen molar-refractivity contribution in [3.63, 3.8) is 0 Å². The summed E-state index contributed by atoms with van der Waals surface area (Å²) in [6.45, 7) is -0.0868. The minimum atomic E-state index is -5.02. The Labute approximate surface area is 239 Å². The Morgan fingerprint density at radius 3 is 2.37 bits per heavy atom. The molecule has 3 aromatic rings. The lowest BCUT2D eigenvalue weighted by molar-refractivity contribution is -0.137. The number of Topliss-reactive ketones (excluding diaryl/α,β-unsaturated/α-hetero) is 1. The van der Waals surface area contributed by atoms with Crippen molar-refractivity contribution in [2.45, 2.75) is 25.2 Å². The summed E-state index contributed by atoms with van der Waals surface area (Å²) in [6, 6.07) is 0.471. The number of rotatable bonds is 7. The minimum Gasteiger partial charge on any atom is -0.465 e. The molecular weight excluding hydrogens is 584 g/mol. The second kappa shape index (κ2) is 10.8. The number of hydrogen-bond donors (Lipinski definition) is 0. The summed E-state index contributed by atoms with van der Waals surface area (Å²) in [7, 11) is 3.80. The van der Waals surface area contributed by atoms with Gasteiger partial charge in [0.15, 0.2) is 23.2 Å². The molecule has 0 aliphatic carbocycles. The van der Waals surface area contributed by atoms with Crippen LogP contribution in [0.1, 0.15) is 44.1 Å². The molecular formula is C29H21F6N3O5. The van der Waals surface area contributed by atoms with E-state index < -0.39 is 63.7 Å². The number of nitrogens with zero attached hydrogens (tertiary/aromatic N) is 3. The number of allylic oxidation sites excluding steroid dienone is 3. The van der Waals surface area contributed by atoms with Crippen LogP contribution in [-0.4, -0.2) is 52.8 Å². The Hall–Kier alpha value is -4.72. The zero-order valence-electron chi connectivity index (χ0n) is 22.7. The van der Waals surface area contributed by atoms with E-state index in [1.807, 2.05) is 0 Å². The van der Waals surface area contributed by atoms with Crippen LogP contribution in [0, 0.1) is 17.5 Å². The molecule has 2 aromatic carbocycles.